The van der Waals surface area contributed by atoms with Gasteiger partial charge in [0, 0.05) is 49.1 Å². The van der Waals surface area contributed by atoms with Crippen LogP contribution in [0.25, 0.3) is 0 Å². The van der Waals surface area contributed by atoms with Gasteiger partial charge in [-0.3, -0.25) is 9.69 Å². The fraction of sp³-hybridized carbons (Fsp3) is 0.586. The number of aromatic nitrogens is 1. The van der Waals surface area contributed by atoms with Gasteiger partial charge in [-0.15, -0.1) is 0 Å². The zero-order valence-corrected chi connectivity index (χ0v) is 21.9. The van der Waals surface area contributed by atoms with Gasteiger partial charge >= 0.3 is 0 Å². The second kappa shape index (κ2) is 11.8. The highest BCUT2D eigenvalue weighted by molar-refractivity contribution is 5.83. The fourth-order valence-electron chi connectivity index (χ4n) is 5.43. The molecule has 3 aliphatic rings. The van der Waals surface area contributed by atoms with Crippen molar-refractivity contribution in [2.75, 3.05) is 38.7 Å². The first kappa shape index (κ1) is 25.9. The van der Waals surface area contributed by atoms with Crippen LogP contribution in [0.4, 0.5) is 10.2 Å². The number of ketones is 1. The molecule has 0 unspecified atom stereocenters. The number of Topliss-reactive ketones (excluding diaryl/α,β-unsaturated/α-hetero) is 1. The lowest BCUT2D eigenvalue weighted by atomic mass is 10.0. The Morgan fingerprint density at radius 1 is 1.19 bits per heavy atom. The first-order valence-electron chi connectivity index (χ1n) is 13.6. The van der Waals surface area contributed by atoms with Crippen LogP contribution in [-0.4, -0.2) is 61.2 Å². The summed E-state index contributed by atoms with van der Waals surface area (Å²) < 4.78 is 31.9. The Balaban J connectivity index is 1.12. The number of pyridine rings is 1. The highest BCUT2D eigenvalue weighted by atomic mass is 19.1. The Hall–Kier alpha value is -2.71. The molecule has 1 saturated carbocycles. The van der Waals surface area contributed by atoms with E-state index in [1.165, 1.54) is 17.7 Å². The van der Waals surface area contributed by atoms with E-state index in [0.717, 1.165) is 81.7 Å². The molecule has 0 amide bonds. The van der Waals surface area contributed by atoms with Gasteiger partial charge in [-0.25, -0.2) is 9.37 Å². The topological polar surface area (TPSA) is 72.9 Å². The number of carbonyl (C=O) groups excluding carboxylic acids is 1. The average molecular weight is 512 g/mol. The number of rotatable bonds is 12. The number of nitrogens with zero attached hydrogens (tertiary/aromatic N) is 2. The minimum absolute atomic E-state index is 0.00522. The van der Waals surface area contributed by atoms with Crippen molar-refractivity contribution in [1.29, 1.82) is 0 Å². The predicted molar refractivity (Wildman–Crippen MR) is 140 cm³/mol. The number of anilines is 1. The van der Waals surface area contributed by atoms with E-state index in [1.807, 2.05) is 0 Å². The fourth-order valence-corrected chi connectivity index (χ4v) is 5.43. The summed E-state index contributed by atoms with van der Waals surface area (Å²) >= 11 is 0. The highest BCUT2D eigenvalue weighted by Gasteiger charge is 2.35. The number of benzene rings is 1. The number of unbranched alkanes of at least 4 members (excludes halogenated alkanes) is 1. The maximum Gasteiger partial charge on any atom is 0.151 e. The van der Waals surface area contributed by atoms with Crippen molar-refractivity contribution in [3.63, 3.8) is 0 Å². The van der Waals surface area contributed by atoms with Gasteiger partial charge in [0.15, 0.2) is 5.78 Å². The minimum atomic E-state index is -0.517. The zero-order valence-electron chi connectivity index (χ0n) is 21.9. The normalized spacial score (nSPS) is 20.2. The molecule has 2 aliphatic heterocycles. The maximum absolute atomic E-state index is 14.1. The number of nitrogens with one attached hydrogen (secondary N) is 1. The summed E-state index contributed by atoms with van der Waals surface area (Å²) in [7, 11) is 1.72. The molecule has 2 fully saturated rings. The number of halogens is 1. The summed E-state index contributed by atoms with van der Waals surface area (Å²) in [4.78, 5) is 19.6. The van der Waals surface area contributed by atoms with Crippen LogP contribution >= 0.6 is 0 Å². The van der Waals surface area contributed by atoms with E-state index < -0.39 is 6.04 Å². The molecule has 37 heavy (non-hydrogen) atoms. The van der Waals surface area contributed by atoms with Crippen LogP contribution in [-0.2, 0) is 22.4 Å². The van der Waals surface area contributed by atoms with Gasteiger partial charge in [-0.2, -0.15) is 0 Å². The Morgan fingerprint density at radius 3 is 2.84 bits per heavy atom. The number of ether oxygens (including phenoxy) is 3. The molecule has 1 aromatic carbocycles. The minimum Gasteiger partial charge on any atom is -0.496 e. The summed E-state index contributed by atoms with van der Waals surface area (Å²) in [6.45, 7) is 4.58. The molecule has 1 saturated heterocycles. The third-order valence-corrected chi connectivity index (χ3v) is 7.44. The highest BCUT2D eigenvalue weighted by Crippen LogP contribution is 2.37. The Labute approximate surface area is 218 Å². The van der Waals surface area contributed by atoms with Crippen LogP contribution in [0.3, 0.4) is 0 Å². The van der Waals surface area contributed by atoms with Gasteiger partial charge in [0.25, 0.3) is 0 Å². The molecule has 1 aromatic heterocycles. The summed E-state index contributed by atoms with van der Waals surface area (Å²) in [6.07, 6.45) is 8.01. The van der Waals surface area contributed by atoms with Gasteiger partial charge in [-0.05, 0) is 76.5 Å². The molecule has 3 heterocycles. The van der Waals surface area contributed by atoms with Crippen LogP contribution in [0, 0.1) is 5.82 Å². The van der Waals surface area contributed by atoms with Crippen LogP contribution in [0.15, 0.2) is 24.3 Å². The van der Waals surface area contributed by atoms with E-state index in [0.29, 0.717) is 24.5 Å². The van der Waals surface area contributed by atoms with Crippen molar-refractivity contribution >= 4 is 11.6 Å². The van der Waals surface area contributed by atoms with Crippen LogP contribution in [0.1, 0.15) is 68.3 Å². The molecular formula is C29H38FN3O4. The van der Waals surface area contributed by atoms with Gasteiger partial charge < -0.3 is 19.5 Å². The first-order chi connectivity index (χ1) is 18.0. The summed E-state index contributed by atoms with van der Waals surface area (Å²) in [5, 5.41) is 3.39. The van der Waals surface area contributed by atoms with Gasteiger partial charge in [0.1, 0.15) is 23.1 Å². The average Bonchev–Trinajstić information content (AvgIpc) is 3.60. The van der Waals surface area contributed by atoms with Gasteiger partial charge in [-0.1, -0.05) is 0 Å². The van der Waals surface area contributed by atoms with Crippen LogP contribution < -0.4 is 14.8 Å². The molecule has 0 spiro atoms. The van der Waals surface area contributed by atoms with E-state index in [-0.39, 0.29) is 23.8 Å². The van der Waals surface area contributed by atoms with E-state index in [1.54, 1.807) is 20.1 Å². The smallest absolute Gasteiger partial charge is 0.151 e. The number of fused-ring (bicyclic) bond motifs is 1. The molecule has 2 atom stereocenters. The molecule has 200 valence electrons. The lowest BCUT2D eigenvalue weighted by Gasteiger charge is -2.27. The third-order valence-electron chi connectivity index (χ3n) is 7.44. The molecule has 8 heteroatoms. The number of carbonyl (C=O) groups is 1. The summed E-state index contributed by atoms with van der Waals surface area (Å²) in [6, 6.07) is 6.07. The second-order valence-electron chi connectivity index (χ2n) is 10.4. The molecule has 0 bridgehead atoms. The van der Waals surface area contributed by atoms with E-state index in [4.69, 9.17) is 19.2 Å². The summed E-state index contributed by atoms with van der Waals surface area (Å²) in [5.41, 5.74) is 2.85. The molecule has 5 rings (SSSR count). The van der Waals surface area contributed by atoms with Crippen molar-refractivity contribution in [3.8, 4) is 11.5 Å². The molecule has 7 nitrogen and oxygen atoms in total. The molecule has 0 radical (unpaired) electrons. The quantitative estimate of drug-likeness (QED) is 0.408. The van der Waals surface area contributed by atoms with Crippen molar-refractivity contribution in [3.05, 3.63) is 46.9 Å². The molecule has 1 aliphatic carbocycles. The number of likely N-dealkylation sites (tertiary alicyclic amines) is 1. The Morgan fingerprint density at radius 2 is 2.05 bits per heavy atom. The molecule has 1 N–H and O–H groups in total. The number of hydrogen-bond acceptors (Lipinski definition) is 7. The van der Waals surface area contributed by atoms with E-state index in [9.17, 15) is 9.18 Å². The van der Waals surface area contributed by atoms with Crippen LogP contribution in [0.2, 0.25) is 0 Å². The monoisotopic (exact) mass is 511 g/mol. The molecule has 2 aromatic rings. The van der Waals surface area contributed by atoms with Gasteiger partial charge in [0.2, 0.25) is 0 Å². The lowest BCUT2D eigenvalue weighted by Crippen LogP contribution is -2.33. The van der Waals surface area contributed by atoms with Crippen LogP contribution in [0.5, 0.6) is 11.5 Å². The number of aryl methyl sites for hydroxylation is 1. The van der Waals surface area contributed by atoms with E-state index in [2.05, 4.69) is 16.3 Å². The van der Waals surface area contributed by atoms with Crippen molar-refractivity contribution in [1.82, 2.24) is 9.88 Å². The molecular weight excluding hydrogens is 473 g/mol. The second-order valence-corrected chi connectivity index (χ2v) is 10.4. The number of hydrogen-bond donors (Lipinski definition) is 1. The predicted octanol–water partition coefficient (Wildman–Crippen LogP) is 4.87. The van der Waals surface area contributed by atoms with Crippen molar-refractivity contribution < 1.29 is 23.4 Å². The number of methoxy groups -OCH3 is 1. The largest absolute Gasteiger partial charge is 0.496 e. The van der Waals surface area contributed by atoms with E-state index >= 15 is 0 Å². The summed E-state index contributed by atoms with van der Waals surface area (Å²) in [5.74, 6) is 2.16. The zero-order chi connectivity index (χ0) is 25.8. The SMILES string of the molecule is COc1cc(CCCCO[C@@H]2CCN([C@@H](C(C)=O)c3cc(F)ccc3OC3CC3)C2)nc2c1CCCN2. The van der Waals surface area contributed by atoms with Crippen molar-refractivity contribution in [2.24, 2.45) is 0 Å². The maximum atomic E-state index is 14.1. The van der Waals surface area contributed by atoms with Gasteiger partial charge in [0.05, 0.1) is 25.4 Å². The Bertz CT molecular complexity index is 1090. The Kier molecular flexibility index (Phi) is 8.25. The first-order valence-corrected chi connectivity index (χ1v) is 13.6. The standard InChI is InChI=1S/C29H38FN3O4/c1-19(34)28(25-16-20(30)8-11-26(25)37-22-9-10-22)33-14-12-23(18-33)36-15-4-3-6-21-17-27(35-2)24-7-5-13-31-29(24)32-21/h8,11,16-17,22-23,28H,3-7,9-10,12-15,18H2,1-2H3,(H,31,32)/t23-,28+/m1/s1. The lowest BCUT2D eigenvalue weighted by molar-refractivity contribution is -0.122. The van der Waals surface area contributed by atoms with Crippen molar-refractivity contribution in [2.45, 2.75) is 76.5 Å². The third kappa shape index (κ3) is 6.41.